The van der Waals surface area contributed by atoms with Gasteiger partial charge in [-0.15, -0.1) is 0 Å². The molecule has 2 aromatic rings. The Labute approximate surface area is 116 Å². The van der Waals surface area contributed by atoms with Crippen LogP contribution in [0.25, 0.3) is 11.0 Å². The number of nitrogens with one attached hydrogen (secondary N) is 1. The van der Waals surface area contributed by atoms with E-state index in [4.69, 9.17) is 10.2 Å². The Bertz CT molecular complexity index is 822. The third-order valence-electron chi connectivity index (χ3n) is 2.93. The Morgan fingerprint density at radius 2 is 2.05 bits per heavy atom. The Morgan fingerprint density at radius 3 is 2.67 bits per heavy atom. The fourth-order valence-electron chi connectivity index (χ4n) is 1.97. The zero-order valence-electron chi connectivity index (χ0n) is 10.6. The van der Waals surface area contributed by atoms with Crippen LogP contribution >= 0.6 is 0 Å². The summed E-state index contributed by atoms with van der Waals surface area (Å²) in [4.78, 5) is 52.0. The summed E-state index contributed by atoms with van der Waals surface area (Å²) in [6.07, 6.45) is 0.522. The molecule has 0 aromatic carbocycles. The van der Waals surface area contributed by atoms with Gasteiger partial charge in [-0.25, -0.2) is 19.1 Å². The normalized spacial score (nSPS) is 12.2. The predicted octanol–water partition coefficient (Wildman–Crippen LogP) is -0.425. The topological polar surface area (TPSA) is 142 Å². The van der Waals surface area contributed by atoms with E-state index in [1.54, 1.807) is 0 Å². The molecule has 3 N–H and O–H groups in total. The summed E-state index contributed by atoms with van der Waals surface area (Å²) in [7, 11) is 0. The third kappa shape index (κ3) is 2.81. The first-order valence-corrected chi connectivity index (χ1v) is 5.96. The molecule has 2 rings (SSSR count). The van der Waals surface area contributed by atoms with Crippen LogP contribution in [-0.4, -0.2) is 36.7 Å². The number of carbonyl (C=O) groups is 2. The van der Waals surface area contributed by atoms with Gasteiger partial charge in [0.25, 0.3) is 5.56 Å². The van der Waals surface area contributed by atoms with Crippen LogP contribution in [0.5, 0.6) is 0 Å². The van der Waals surface area contributed by atoms with Gasteiger partial charge in [0.2, 0.25) is 0 Å². The van der Waals surface area contributed by atoms with Crippen molar-refractivity contribution in [2.75, 3.05) is 0 Å². The van der Waals surface area contributed by atoms with E-state index in [2.05, 4.69) is 9.97 Å². The van der Waals surface area contributed by atoms with Crippen LogP contribution in [0.4, 0.5) is 0 Å². The fourth-order valence-corrected chi connectivity index (χ4v) is 1.97. The van der Waals surface area contributed by atoms with Crippen molar-refractivity contribution in [1.82, 2.24) is 14.5 Å². The molecule has 2 aromatic heterocycles. The number of aromatic nitrogens is 3. The maximum Gasteiger partial charge on any atom is 0.330 e. The summed E-state index contributed by atoms with van der Waals surface area (Å²) in [5.41, 5.74) is -1.71. The summed E-state index contributed by atoms with van der Waals surface area (Å²) in [6.45, 7) is 0. The first-order chi connectivity index (χ1) is 9.91. The summed E-state index contributed by atoms with van der Waals surface area (Å²) in [5, 5.41) is 17.8. The van der Waals surface area contributed by atoms with Gasteiger partial charge in [0.1, 0.15) is 11.7 Å². The van der Waals surface area contributed by atoms with Crippen molar-refractivity contribution >= 4 is 23.0 Å². The van der Waals surface area contributed by atoms with E-state index in [9.17, 15) is 19.2 Å². The number of fused-ring (bicyclic) bond motifs is 1. The lowest BCUT2D eigenvalue weighted by atomic mass is 10.1. The van der Waals surface area contributed by atoms with Gasteiger partial charge < -0.3 is 10.2 Å². The number of hydrogen-bond acceptors (Lipinski definition) is 5. The van der Waals surface area contributed by atoms with Gasteiger partial charge in [0, 0.05) is 12.6 Å². The summed E-state index contributed by atoms with van der Waals surface area (Å²) < 4.78 is 0.509. The van der Waals surface area contributed by atoms with Gasteiger partial charge in [-0.05, 0) is 18.6 Å². The van der Waals surface area contributed by atoms with Crippen LogP contribution in [0.1, 0.15) is 18.9 Å². The van der Waals surface area contributed by atoms with Crippen molar-refractivity contribution in [2.45, 2.75) is 18.9 Å². The van der Waals surface area contributed by atoms with E-state index >= 15 is 0 Å². The molecule has 1 atom stereocenters. The molecule has 1 unspecified atom stereocenters. The molecule has 0 saturated heterocycles. The zero-order valence-corrected chi connectivity index (χ0v) is 10.6. The van der Waals surface area contributed by atoms with Crippen LogP contribution in [-0.2, 0) is 9.59 Å². The van der Waals surface area contributed by atoms with E-state index in [1.165, 1.54) is 18.3 Å². The highest BCUT2D eigenvalue weighted by Gasteiger charge is 2.25. The molecular weight excluding hydrogens is 282 g/mol. The number of aliphatic carboxylic acids is 2. The molecule has 110 valence electrons. The first kappa shape index (κ1) is 14.4. The molecule has 0 amide bonds. The smallest absolute Gasteiger partial charge is 0.330 e. The van der Waals surface area contributed by atoms with E-state index in [0.29, 0.717) is 4.57 Å². The lowest BCUT2D eigenvalue weighted by Crippen LogP contribution is -2.41. The fraction of sp³-hybridized carbons (Fsp3) is 0.250. The van der Waals surface area contributed by atoms with E-state index in [0.717, 1.165) is 0 Å². The lowest BCUT2D eigenvalue weighted by Gasteiger charge is -2.13. The van der Waals surface area contributed by atoms with Crippen molar-refractivity contribution < 1.29 is 19.8 Å². The number of pyridine rings is 1. The molecule has 21 heavy (non-hydrogen) atoms. The second kappa shape index (κ2) is 5.57. The minimum atomic E-state index is -1.55. The molecule has 0 aliphatic heterocycles. The van der Waals surface area contributed by atoms with Crippen molar-refractivity contribution in [2.24, 2.45) is 0 Å². The monoisotopic (exact) mass is 293 g/mol. The van der Waals surface area contributed by atoms with E-state index in [-0.39, 0.29) is 17.5 Å². The summed E-state index contributed by atoms with van der Waals surface area (Å²) in [6, 6.07) is 1.31. The number of aromatic amines is 1. The van der Waals surface area contributed by atoms with Crippen molar-refractivity contribution in [3.63, 3.8) is 0 Å². The molecule has 0 fully saturated rings. The SMILES string of the molecule is O=C(O)CCC(C(=O)O)n1c(=O)[nH]c2ncccc2c1=O. The highest BCUT2D eigenvalue weighted by Crippen LogP contribution is 2.11. The second-order valence-corrected chi connectivity index (χ2v) is 4.29. The Kier molecular flexibility index (Phi) is 3.83. The quantitative estimate of drug-likeness (QED) is 0.679. The molecule has 0 spiro atoms. The third-order valence-corrected chi connectivity index (χ3v) is 2.93. The molecule has 0 aliphatic carbocycles. The number of hydrogen-bond donors (Lipinski definition) is 3. The van der Waals surface area contributed by atoms with Crippen LogP contribution in [0.3, 0.4) is 0 Å². The van der Waals surface area contributed by atoms with Crippen LogP contribution in [0.15, 0.2) is 27.9 Å². The lowest BCUT2D eigenvalue weighted by molar-refractivity contribution is -0.142. The van der Waals surface area contributed by atoms with Crippen molar-refractivity contribution in [3.8, 4) is 0 Å². The van der Waals surface area contributed by atoms with Crippen LogP contribution < -0.4 is 11.2 Å². The van der Waals surface area contributed by atoms with Gasteiger partial charge >= 0.3 is 17.6 Å². The van der Waals surface area contributed by atoms with E-state index < -0.39 is 35.7 Å². The van der Waals surface area contributed by atoms with Crippen molar-refractivity contribution in [1.29, 1.82) is 0 Å². The Morgan fingerprint density at radius 1 is 1.33 bits per heavy atom. The highest BCUT2D eigenvalue weighted by atomic mass is 16.4. The first-order valence-electron chi connectivity index (χ1n) is 5.96. The molecule has 0 aliphatic rings. The van der Waals surface area contributed by atoms with Gasteiger partial charge in [-0.3, -0.25) is 14.6 Å². The zero-order chi connectivity index (χ0) is 15.6. The molecular formula is C12H11N3O6. The Balaban J connectivity index is 2.62. The molecule has 0 saturated carbocycles. The predicted molar refractivity (Wildman–Crippen MR) is 70.2 cm³/mol. The highest BCUT2D eigenvalue weighted by molar-refractivity contribution is 5.76. The molecule has 9 heteroatoms. The number of H-pyrrole nitrogens is 1. The molecule has 9 nitrogen and oxygen atoms in total. The molecule has 0 radical (unpaired) electrons. The van der Waals surface area contributed by atoms with Gasteiger partial charge in [0.05, 0.1) is 5.39 Å². The van der Waals surface area contributed by atoms with Gasteiger partial charge in [0.15, 0.2) is 0 Å². The number of carboxylic acids is 2. The molecule has 0 bridgehead atoms. The maximum absolute atomic E-state index is 12.2. The number of carboxylic acid groups (broad SMARTS) is 2. The summed E-state index contributed by atoms with van der Waals surface area (Å²) in [5.74, 6) is -2.67. The van der Waals surface area contributed by atoms with Crippen LogP contribution in [0, 0.1) is 0 Å². The van der Waals surface area contributed by atoms with Gasteiger partial charge in [-0.1, -0.05) is 0 Å². The Hall–Kier alpha value is -2.97. The largest absolute Gasteiger partial charge is 0.481 e. The van der Waals surface area contributed by atoms with E-state index in [1.807, 2.05) is 0 Å². The second-order valence-electron chi connectivity index (χ2n) is 4.29. The number of nitrogens with zero attached hydrogens (tertiary/aromatic N) is 2. The molecule has 2 heterocycles. The summed E-state index contributed by atoms with van der Waals surface area (Å²) >= 11 is 0. The maximum atomic E-state index is 12.2. The van der Waals surface area contributed by atoms with Gasteiger partial charge in [-0.2, -0.15) is 0 Å². The minimum absolute atomic E-state index is 0.0473. The minimum Gasteiger partial charge on any atom is -0.481 e. The average molecular weight is 293 g/mol. The average Bonchev–Trinajstić information content (AvgIpc) is 2.41. The van der Waals surface area contributed by atoms with Crippen molar-refractivity contribution in [3.05, 3.63) is 39.2 Å². The van der Waals surface area contributed by atoms with Crippen LogP contribution in [0.2, 0.25) is 0 Å². The number of rotatable bonds is 5. The standard InChI is InChI=1S/C12H11N3O6/c16-8(17)4-3-7(11(19)20)15-10(18)6-2-1-5-13-9(6)14-12(15)21/h1-2,5,7H,3-4H2,(H,16,17)(H,19,20)(H,13,14,21).